The van der Waals surface area contributed by atoms with Gasteiger partial charge in [-0.3, -0.25) is 0 Å². The van der Waals surface area contributed by atoms with Crippen LogP contribution in [-0.2, 0) is 13.1 Å². The Balaban J connectivity index is 1.66. The molecule has 4 aromatic rings. The molecule has 0 bridgehead atoms. The molecule has 0 aliphatic rings. The Labute approximate surface area is 194 Å². The number of nitrogens with one attached hydrogen (secondary N) is 1. The Morgan fingerprint density at radius 3 is 2.42 bits per heavy atom. The van der Waals surface area contributed by atoms with Gasteiger partial charge in [0.25, 0.3) is 0 Å². The first-order valence-corrected chi connectivity index (χ1v) is 11.6. The SMILES string of the molecule is CCC[C@H](NCc1c(C)n(Cc2ccc(Cl)cc2Cl)c2ccccc12)c1ccccc1. The van der Waals surface area contributed by atoms with Crippen LogP contribution in [0.4, 0.5) is 0 Å². The summed E-state index contributed by atoms with van der Waals surface area (Å²) < 4.78 is 2.36. The molecule has 0 aliphatic heterocycles. The first kappa shape index (κ1) is 22.0. The molecule has 0 spiro atoms. The van der Waals surface area contributed by atoms with Gasteiger partial charge in [-0.2, -0.15) is 0 Å². The second-order valence-corrected chi connectivity index (χ2v) is 8.88. The Kier molecular flexibility index (Phi) is 7.02. The second kappa shape index (κ2) is 9.91. The first-order chi connectivity index (χ1) is 15.1. The number of rotatable bonds is 8. The lowest BCUT2D eigenvalue weighted by molar-refractivity contribution is 0.493. The van der Waals surface area contributed by atoms with Crippen molar-refractivity contribution < 1.29 is 0 Å². The van der Waals surface area contributed by atoms with Crippen molar-refractivity contribution in [2.24, 2.45) is 0 Å². The van der Waals surface area contributed by atoms with Gasteiger partial charge in [-0.15, -0.1) is 0 Å². The smallest absolute Gasteiger partial charge is 0.0493 e. The molecule has 0 aliphatic carbocycles. The summed E-state index contributed by atoms with van der Waals surface area (Å²) in [4.78, 5) is 0. The zero-order valence-electron chi connectivity index (χ0n) is 18.0. The van der Waals surface area contributed by atoms with Gasteiger partial charge in [-0.05, 0) is 48.2 Å². The van der Waals surface area contributed by atoms with Gasteiger partial charge in [0, 0.05) is 45.8 Å². The van der Waals surface area contributed by atoms with E-state index in [2.05, 4.69) is 78.3 Å². The fourth-order valence-corrected chi connectivity index (χ4v) is 4.80. The highest BCUT2D eigenvalue weighted by atomic mass is 35.5. The number of halogens is 2. The third-order valence-corrected chi connectivity index (χ3v) is 6.60. The number of nitrogens with zero attached hydrogens (tertiary/aromatic N) is 1. The van der Waals surface area contributed by atoms with Gasteiger partial charge in [0.1, 0.15) is 0 Å². The summed E-state index contributed by atoms with van der Waals surface area (Å²) in [5, 5.41) is 6.49. The third kappa shape index (κ3) is 4.82. The number of aromatic nitrogens is 1. The van der Waals surface area contributed by atoms with Crippen LogP contribution in [-0.4, -0.2) is 4.57 Å². The minimum Gasteiger partial charge on any atom is -0.340 e. The molecule has 31 heavy (non-hydrogen) atoms. The molecule has 3 aromatic carbocycles. The third-order valence-electron chi connectivity index (χ3n) is 6.01. The van der Waals surface area contributed by atoms with Crippen molar-refractivity contribution in [3.05, 3.63) is 105 Å². The molecule has 4 rings (SSSR count). The fourth-order valence-electron chi connectivity index (χ4n) is 4.34. The highest BCUT2D eigenvalue weighted by Gasteiger charge is 2.17. The van der Waals surface area contributed by atoms with Crippen LogP contribution in [0.25, 0.3) is 10.9 Å². The number of hydrogen-bond acceptors (Lipinski definition) is 1. The summed E-state index contributed by atoms with van der Waals surface area (Å²) in [6.45, 7) is 6.00. The van der Waals surface area contributed by atoms with Gasteiger partial charge < -0.3 is 9.88 Å². The van der Waals surface area contributed by atoms with Gasteiger partial charge in [0.05, 0.1) is 0 Å². The van der Waals surface area contributed by atoms with Gasteiger partial charge in [0.2, 0.25) is 0 Å². The van der Waals surface area contributed by atoms with E-state index in [0.717, 1.165) is 31.5 Å². The molecule has 160 valence electrons. The normalized spacial score (nSPS) is 12.4. The number of benzene rings is 3. The van der Waals surface area contributed by atoms with Crippen molar-refractivity contribution in [2.45, 2.75) is 45.8 Å². The first-order valence-electron chi connectivity index (χ1n) is 10.9. The van der Waals surface area contributed by atoms with Gasteiger partial charge in [0.15, 0.2) is 0 Å². The zero-order valence-corrected chi connectivity index (χ0v) is 19.5. The van der Waals surface area contributed by atoms with Crippen LogP contribution in [0, 0.1) is 6.92 Å². The molecule has 1 aromatic heterocycles. The molecule has 2 nitrogen and oxygen atoms in total. The summed E-state index contributed by atoms with van der Waals surface area (Å²) in [7, 11) is 0. The summed E-state index contributed by atoms with van der Waals surface area (Å²) in [6.07, 6.45) is 2.25. The van der Waals surface area contributed by atoms with Crippen LogP contribution in [0.5, 0.6) is 0 Å². The van der Waals surface area contributed by atoms with E-state index in [1.807, 2.05) is 18.2 Å². The minimum absolute atomic E-state index is 0.346. The Morgan fingerprint density at radius 2 is 1.68 bits per heavy atom. The van der Waals surface area contributed by atoms with E-state index in [1.165, 1.54) is 27.7 Å². The number of fused-ring (bicyclic) bond motifs is 1. The average molecular weight is 451 g/mol. The van der Waals surface area contributed by atoms with Crippen LogP contribution < -0.4 is 5.32 Å². The van der Waals surface area contributed by atoms with Crippen molar-refractivity contribution in [3.63, 3.8) is 0 Å². The van der Waals surface area contributed by atoms with E-state index < -0.39 is 0 Å². The predicted octanol–water partition coefficient (Wildman–Crippen LogP) is 7.94. The molecule has 0 saturated carbocycles. The molecule has 0 saturated heterocycles. The lowest BCUT2D eigenvalue weighted by Gasteiger charge is -2.19. The second-order valence-electron chi connectivity index (χ2n) is 8.04. The molecule has 0 amide bonds. The van der Waals surface area contributed by atoms with E-state index in [4.69, 9.17) is 23.2 Å². The minimum atomic E-state index is 0.346. The molecular weight excluding hydrogens is 423 g/mol. The van der Waals surface area contributed by atoms with Crippen LogP contribution in [0.15, 0.2) is 72.8 Å². The fraction of sp³-hybridized carbons (Fsp3) is 0.259. The lowest BCUT2D eigenvalue weighted by atomic mass is 10.0. The Morgan fingerprint density at radius 1 is 0.935 bits per heavy atom. The summed E-state index contributed by atoms with van der Waals surface area (Å²) in [5.41, 5.74) is 6.26. The monoisotopic (exact) mass is 450 g/mol. The van der Waals surface area contributed by atoms with Gasteiger partial charge in [-0.25, -0.2) is 0 Å². The Bertz CT molecular complexity index is 1160. The van der Waals surface area contributed by atoms with Crippen molar-refractivity contribution in [3.8, 4) is 0 Å². The zero-order chi connectivity index (χ0) is 21.8. The van der Waals surface area contributed by atoms with E-state index in [1.54, 1.807) is 0 Å². The van der Waals surface area contributed by atoms with Crippen molar-refractivity contribution in [2.75, 3.05) is 0 Å². The topological polar surface area (TPSA) is 17.0 Å². The van der Waals surface area contributed by atoms with E-state index in [0.29, 0.717) is 16.1 Å². The van der Waals surface area contributed by atoms with Crippen molar-refractivity contribution in [1.29, 1.82) is 0 Å². The highest BCUT2D eigenvalue weighted by molar-refractivity contribution is 6.35. The standard InChI is InChI=1S/C27H28Cl2N2/c1-3-9-26(20-10-5-4-6-11-20)30-17-24-19(2)31(27-13-8-7-12-23(24)27)18-21-14-15-22(28)16-25(21)29/h4-8,10-16,26,30H,3,9,17-18H2,1-2H3/t26-/m0/s1. The molecule has 1 N–H and O–H groups in total. The summed E-state index contributed by atoms with van der Waals surface area (Å²) >= 11 is 12.6. The number of para-hydroxylation sites is 1. The van der Waals surface area contributed by atoms with Gasteiger partial charge in [-0.1, -0.05) is 91.1 Å². The quantitative estimate of drug-likeness (QED) is 0.288. The maximum absolute atomic E-state index is 6.48. The molecule has 0 fully saturated rings. The largest absolute Gasteiger partial charge is 0.340 e. The van der Waals surface area contributed by atoms with Crippen LogP contribution in [0.2, 0.25) is 10.0 Å². The van der Waals surface area contributed by atoms with Crippen LogP contribution in [0.3, 0.4) is 0 Å². The average Bonchev–Trinajstić information content (AvgIpc) is 3.04. The van der Waals surface area contributed by atoms with Crippen molar-refractivity contribution >= 4 is 34.1 Å². The maximum atomic E-state index is 6.48. The Hall–Kier alpha value is -2.26. The lowest BCUT2D eigenvalue weighted by Crippen LogP contribution is -2.21. The number of hydrogen-bond donors (Lipinski definition) is 1. The van der Waals surface area contributed by atoms with E-state index in [9.17, 15) is 0 Å². The highest BCUT2D eigenvalue weighted by Crippen LogP contribution is 2.30. The van der Waals surface area contributed by atoms with Crippen LogP contribution in [0.1, 0.15) is 48.2 Å². The summed E-state index contributed by atoms with van der Waals surface area (Å²) in [5.74, 6) is 0. The molecule has 4 heteroatoms. The predicted molar refractivity (Wildman–Crippen MR) is 133 cm³/mol. The van der Waals surface area contributed by atoms with Crippen LogP contribution >= 0.6 is 23.2 Å². The maximum Gasteiger partial charge on any atom is 0.0493 e. The van der Waals surface area contributed by atoms with E-state index >= 15 is 0 Å². The molecule has 0 unspecified atom stereocenters. The van der Waals surface area contributed by atoms with E-state index in [-0.39, 0.29) is 0 Å². The summed E-state index contributed by atoms with van der Waals surface area (Å²) in [6, 6.07) is 25.4. The molecule has 1 atom stereocenters. The molecule has 1 heterocycles. The van der Waals surface area contributed by atoms with Gasteiger partial charge >= 0.3 is 0 Å². The molecular formula is C27H28Cl2N2. The van der Waals surface area contributed by atoms with Crippen molar-refractivity contribution in [1.82, 2.24) is 9.88 Å². The molecule has 0 radical (unpaired) electrons.